The number of aliphatic hydroxyl groups excluding tert-OH is 1. The molecule has 1 aliphatic heterocycles. The highest BCUT2D eigenvalue weighted by Crippen LogP contribution is 2.33. The molecule has 1 heterocycles. The van der Waals surface area contributed by atoms with E-state index in [4.69, 9.17) is 9.47 Å². The Morgan fingerprint density at radius 1 is 1.42 bits per heavy atom. The molecule has 1 amide bonds. The van der Waals surface area contributed by atoms with Crippen molar-refractivity contribution in [3.63, 3.8) is 0 Å². The molecule has 19 heavy (non-hydrogen) atoms. The molecule has 5 heteroatoms. The number of ether oxygens (including phenoxy) is 2. The average molecular weight is 271 g/mol. The average Bonchev–Trinajstić information content (AvgIpc) is 2.24. The predicted molar refractivity (Wildman–Crippen MR) is 70.9 cm³/mol. The van der Waals surface area contributed by atoms with Crippen molar-refractivity contribution in [2.24, 2.45) is 5.92 Å². The van der Waals surface area contributed by atoms with Crippen LogP contribution in [0.25, 0.3) is 0 Å². The van der Waals surface area contributed by atoms with Crippen LogP contribution in [0.15, 0.2) is 0 Å². The van der Waals surface area contributed by atoms with E-state index in [1.165, 1.54) is 6.42 Å². The van der Waals surface area contributed by atoms with Crippen molar-refractivity contribution < 1.29 is 19.4 Å². The molecule has 5 nitrogen and oxygen atoms in total. The Morgan fingerprint density at radius 2 is 2.11 bits per heavy atom. The van der Waals surface area contributed by atoms with Crippen LogP contribution in [-0.2, 0) is 9.47 Å². The van der Waals surface area contributed by atoms with Crippen molar-refractivity contribution in [3.05, 3.63) is 0 Å². The Morgan fingerprint density at radius 3 is 2.63 bits per heavy atom. The highest BCUT2D eigenvalue weighted by molar-refractivity contribution is 5.68. The first-order chi connectivity index (χ1) is 8.88. The normalized spacial score (nSPS) is 26.7. The first-order valence-electron chi connectivity index (χ1n) is 7.14. The SMILES string of the molecule is CC(C)(C)OC(=O)N1CCOCC1C(O)C1CCC1. The number of amides is 1. The van der Waals surface area contributed by atoms with Gasteiger partial charge in [0.1, 0.15) is 5.60 Å². The van der Waals surface area contributed by atoms with Gasteiger partial charge in [-0.1, -0.05) is 6.42 Å². The molecule has 0 radical (unpaired) electrons. The Kier molecular flexibility index (Phi) is 4.36. The number of rotatable bonds is 2. The lowest BCUT2D eigenvalue weighted by atomic mass is 9.78. The van der Waals surface area contributed by atoms with Gasteiger partial charge in [0, 0.05) is 6.54 Å². The van der Waals surface area contributed by atoms with Crippen LogP contribution < -0.4 is 0 Å². The Balaban J connectivity index is 2.00. The molecule has 2 fully saturated rings. The maximum absolute atomic E-state index is 12.2. The molecule has 2 unspecified atom stereocenters. The number of hydrogen-bond acceptors (Lipinski definition) is 4. The zero-order valence-electron chi connectivity index (χ0n) is 12.1. The summed E-state index contributed by atoms with van der Waals surface area (Å²) in [6.07, 6.45) is 2.40. The van der Waals surface area contributed by atoms with Crippen molar-refractivity contribution in [1.29, 1.82) is 0 Å². The summed E-state index contributed by atoms with van der Waals surface area (Å²) < 4.78 is 10.8. The molecular formula is C14H25NO4. The van der Waals surface area contributed by atoms with Crippen molar-refractivity contribution >= 4 is 6.09 Å². The molecule has 1 N–H and O–H groups in total. The van der Waals surface area contributed by atoms with Crippen LogP contribution in [0.2, 0.25) is 0 Å². The lowest BCUT2D eigenvalue weighted by molar-refractivity contribution is -0.0881. The summed E-state index contributed by atoms with van der Waals surface area (Å²) in [6.45, 7) is 6.95. The molecule has 0 aromatic carbocycles. The minimum absolute atomic E-state index is 0.270. The van der Waals surface area contributed by atoms with Gasteiger partial charge < -0.3 is 14.6 Å². The van der Waals surface area contributed by atoms with Gasteiger partial charge in [-0.05, 0) is 39.5 Å². The molecule has 0 spiro atoms. The molecule has 1 saturated heterocycles. The van der Waals surface area contributed by atoms with E-state index in [9.17, 15) is 9.90 Å². The number of morpholine rings is 1. The first-order valence-corrected chi connectivity index (χ1v) is 7.14. The van der Waals surface area contributed by atoms with E-state index >= 15 is 0 Å². The van der Waals surface area contributed by atoms with Crippen LogP contribution in [0.1, 0.15) is 40.0 Å². The molecule has 0 aromatic heterocycles. The smallest absolute Gasteiger partial charge is 0.410 e. The van der Waals surface area contributed by atoms with Gasteiger partial charge in [0.05, 0.1) is 25.4 Å². The fraction of sp³-hybridized carbons (Fsp3) is 0.929. The summed E-state index contributed by atoms with van der Waals surface area (Å²) in [6, 6.07) is -0.270. The molecule has 2 aliphatic rings. The van der Waals surface area contributed by atoms with Crippen molar-refractivity contribution in [3.8, 4) is 0 Å². The maximum atomic E-state index is 12.2. The van der Waals surface area contributed by atoms with Crippen LogP contribution in [-0.4, -0.2) is 53.6 Å². The van der Waals surface area contributed by atoms with Gasteiger partial charge in [0.25, 0.3) is 0 Å². The fourth-order valence-corrected chi connectivity index (χ4v) is 2.55. The van der Waals surface area contributed by atoms with Crippen molar-refractivity contribution in [1.82, 2.24) is 4.90 Å². The summed E-state index contributed by atoms with van der Waals surface area (Å²) in [5, 5.41) is 10.4. The monoisotopic (exact) mass is 271 g/mol. The van der Waals surface area contributed by atoms with Gasteiger partial charge in [-0.3, -0.25) is 4.90 Å². The lowest BCUT2D eigenvalue weighted by Gasteiger charge is -2.43. The molecule has 0 aromatic rings. The van der Waals surface area contributed by atoms with E-state index in [2.05, 4.69) is 0 Å². The van der Waals surface area contributed by atoms with Gasteiger partial charge >= 0.3 is 6.09 Å². The fourth-order valence-electron chi connectivity index (χ4n) is 2.55. The second-order valence-electron chi connectivity index (χ2n) is 6.50. The van der Waals surface area contributed by atoms with E-state index in [1.54, 1.807) is 4.90 Å². The molecule has 1 saturated carbocycles. The van der Waals surface area contributed by atoms with Gasteiger partial charge in [-0.15, -0.1) is 0 Å². The standard InChI is InChI=1S/C14H25NO4/c1-14(2,3)19-13(17)15-7-8-18-9-11(15)12(16)10-5-4-6-10/h10-12,16H,4-9H2,1-3H3. The molecule has 110 valence electrons. The molecule has 1 aliphatic carbocycles. The van der Waals surface area contributed by atoms with Crippen LogP contribution in [0.3, 0.4) is 0 Å². The summed E-state index contributed by atoms with van der Waals surface area (Å²) in [5.41, 5.74) is -0.513. The van der Waals surface area contributed by atoms with Gasteiger partial charge in [-0.25, -0.2) is 4.79 Å². The molecular weight excluding hydrogens is 246 g/mol. The third-order valence-electron chi connectivity index (χ3n) is 3.82. The van der Waals surface area contributed by atoms with Gasteiger partial charge in [0.15, 0.2) is 0 Å². The van der Waals surface area contributed by atoms with Crippen LogP contribution >= 0.6 is 0 Å². The van der Waals surface area contributed by atoms with Crippen molar-refractivity contribution in [2.75, 3.05) is 19.8 Å². The number of carbonyl (C=O) groups is 1. The number of aliphatic hydroxyl groups is 1. The second kappa shape index (κ2) is 5.67. The van der Waals surface area contributed by atoms with Gasteiger partial charge in [-0.2, -0.15) is 0 Å². The Labute approximate surface area is 114 Å². The lowest BCUT2D eigenvalue weighted by Crippen LogP contribution is -2.57. The number of carbonyl (C=O) groups excluding carboxylic acids is 1. The number of hydrogen-bond donors (Lipinski definition) is 1. The quantitative estimate of drug-likeness (QED) is 0.831. The largest absolute Gasteiger partial charge is 0.444 e. The summed E-state index contributed by atoms with van der Waals surface area (Å²) in [7, 11) is 0. The third kappa shape index (κ3) is 3.60. The summed E-state index contributed by atoms with van der Waals surface area (Å²) in [4.78, 5) is 13.8. The Bertz CT molecular complexity index is 322. The zero-order valence-corrected chi connectivity index (χ0v) is 12.1. The molecule has 0 bridgehead atoms. The van der Waals surface area contributed by atoms with E-state index in [1.807, 2.05) is 20.8 Å². The number of nitrogens with zero attached hydrogens (tertiary/aromatic N) is 1. The highest BCUT2D eigenvalue weighted by atomic mass is 16.6. The molecule has 2 atom stereocenters. The minimum Gasteiger partial charge on any atom is -0.444 e. The first kappa shape index (κ1) is 14.6. The zero-order chi connectivity index (χ0) is 14.0. The van der Waals surface area contributed by atoms with E-state index in [-0.39, 0.29) is 12.1 Å². The summed E-state index contributed by atoms with van der Waals surface area (Å²) >= 11 is 0. The van der Waals surface area contributed by atoms with Crippen LogP contribution in [0.4, 0.5) is 4.79 Å². The van der Waals surface area contributed by atoms with E-state index in [0.29, 0.717) is 25.7 Å². The predicted octanol–water partition coefficient (Wildman–Crippen LogP) is 1.78. The topological polar surface area (TPSA) is 59.0 Å². The highest BCUT2D eigenvalue weighted by Gasteiger charge is 2.40. The maximum Gasteiger partial charge on any atom is 0.410 e. The van der Waals surface area contributed by atoms with Gasteiger partial charge in [0.2, 0.25) is 0 Å². The third-order valence-corrected chi connectivity index (χ3v) is 3.82. The molecule has 2 rings (SSSR count). The Hall–Kier alpha value is -0.810. The second-order valence-corrected chi connectivity index (χ2v) is 6.50. The summed E-state index contributed by atoms with van der Waals surface area (Å²) in [5.74, 6) is 0.302. The van der Waals surface area contributed by atoms with Crippen LogP contribution in [0.5, 0.6) is 0 Å². The minimum atomic E-state index is -0.513. The van der Waals surface area contributed by atoms with Crippen LogP contribution in [0, 0.1) is 5.92 Å². The van der Waals surface area contributed by atoms with E-state index < -0.39 is 11.7 Å². The van der Waals surface area contributed by atoms with Crippen molar-refractivity contribution in [2.45, 2.75) is 57.8 Å². The van der Waals surface area contributed by atoms with E-state index in [0.717, 1.165) is 12.8 Å².